The quantitative estimate of drug-likeness (QED) is 0.332. The lowest BCUT2D eigenvalue weighted by molar-refractivity contribution is 0.0492. The van der Waals surface area contributed by atoms with Crippen molar-refractivity contribution in [1.82, 2.24) is 30.0 Å². The van der Waals surface area contributed by atoms with Crippen molar-refractivity contribution >= 4 is 5.97 Å². The van der Waals surface area contributed by atoms with E-state index < -0.39 is 0 Å². The SMILES string of the molecule is Cc1c(C(=O)OCCCn2nnc(-c3ccccc3)n2)cnn1Cc1ccccc1. The van der Waals surface area contributed by atoms with Gasteiger partial charge in [-0.2, -0.15) is 9.90 Å². The summed E-state index contributed by atoms with van der Waals surface area (Å²) < 4.78 is 7.21. The van der Waals surface area contributed by atoms with E-state index in [2.05, 4.69) is 20.5 Å². The molecule has 152 valence electrons. The lowest BCUT2D eigenvalue weighted by Crippen LogP contribution is -2.11. The molecule has 8 heteroatoms. The number of carbonyl (C=O) groups excluding carboxylic acids is 1. The summed E-state index contributed by atoms with van der Waals surface area (Å²) in [6, 6.07) is 19.7. The third-order valence-corrected chi connectivity index (χ3v) is 4.72. The minimum Gasteiger partial charge on any atom is -0.462 e. The average Bonchev–Trinajstić information content (AvgIpc) is 3.40. The summed E-state index contributed by atoms with van der Waals surface area (Å²) in [4.78, 5) is 13.9. The van der Waals surface area contributed by atoms with Crippen LogP contribution in [0.5, 0.6) is 0 Å². The molecule has 4 aromatic rings. The van der Waals surface area contributed by atoms with Crippen molar-refractivity contribution in [3.05, 3.63) is 83.7 Å². The van der Waals surface area contributed by atoms with E-state index in [1.54, 1.807) is 10.9 Å². The van der Waals surface area contributed by atoms with Gasteiger partial charge < -0.3 is 4.74 Å². The van der Waals surface area contributed by atoms with E-state index >= 15 is 0 Å². The first kappa shape index (κ1) is 19.5. The van der Waals surface area contributed by atoms with Crippen LogP contribution in [0.25, 0.3) is 11.4 Å². The molecule has 0 unspecified atom stereocenters. The van der Waals surface area contributed by atoms with Crippen LogP contribution in [0, 0.1) is 6.92 Å². The first-order valence-electron chi connectivity index (χ1n) is 9.77. The van der Waals surface area contributed by atoms with Gasteiger partial charge in [-0.3, -0.25) is 4.68 Å². The molecule has 2 aromatic carbocycles. The second-order valence-corrected chi connectivity index (χ2v) is 6.85. The predicted octanol–water partition coefficient (Wildman–Crippen LogP) is 3.14. The molecule has 2 aromatic heterocycles. The summed E-state index contributed by atoms with van der Waals surface area (Å²) in [7, 11) is 0. The van der Waals surface area contributed by atoms with Crippen molar-refractivity contribution in [2.45, 2.75) is 26.4 Å². The third-order valence-electron chi connectivity index (χ3n) is 4.72. The maximum absolute atomic E-state index is 12.4. The molecule has 30 heavy (non-hydrogen) atoms. The summed E-state index contributed by atoms with van der Waals surface area (Å²) >= 11 is 0. The maximum atomic E-state index is 12.4. The van der Waals surface area contributed by atoms with Crippen molar-refractivity contribution in [3.8, 4) is 11.4 Å². The molecule has 0 aliphatic carbocycles. The molecular weight excluding hydrogens is 380 g/mol. The Morgan fingerprint density at radius 3 is 2.53 bits per heavy atom. The highest BCUT2D eigenvalue weighted by molar-refractivity contribution is 5.90. The zero-order chi connectivity index (χ0) is 20.8. The summed E-state index contributed by atoms with van der Waals surface area (Å²) in [6.07, 6.45) is 2.15. The largest absolute Gasteiger partial charge is 0.462 e. The van der Waals surface area contributed by atoms with E-state index in [4.69, 9.17) is 4.74 Å². The van der Waals surface area contributed by atoms with E-state index in [1.165, 1.54) is 4.80 Å². The van der Waals surface area contributed by atoms with Crippen molar-refractivity contribution < 1.29 is 9.53 Å². The van der Waals surface area contributed by atoms with Gasteiger partial charge in [-0.15, -0.1) is 10.2 Å². The fourth-order valence-corrected chi connectivity index (χ4v) is 3.05. The Morgan fingerprint density at radius 2 is 1.77 bits per heavy atom. The number of aryl methyl sites for hydroxylation is 1. The fourth-order valence-electron chi connectivity index (χ4n) is 3.05. The lowest BCUT2D eigenvalue weighted by Gasteiger charge is -2.06. The number of nitrogens with zero attached hydrogens (tertiary/aromatic N) is 6. The first-order chi connectivity index (χ1) is 14.7. The zero-order valence-corrected chi connectivity index (χ0v) is 16.7. The summed E-state index contributed by atoms with van der Waals surface area (Å²) in [5, 5.41) is 16.8. The van der Waals surface area contributed by atoms with Crippen LogP contribution < -0.4 is 0 Å². The fraction of sp³-hybridized carbons (Fsp3) is 0.227. The molecule has 0 N–H and O–H groups in total. The highest BCUT2D eigenvalue weighted by atomic mass is 16.5. The molecule has 0 atom stereocenters. The van der Waals surface area contributed by atoms with Gasteiger partial charge >= 0.3 is 5.97 Å². The van der Waals surface area contributed by atoms with Gasteiger partial charge in [-0.1, -0.05) is 60.7 Å². The van der Waals surface area contributed by atoms with Crippen LogP contribution in [0.2, 0.25) is 0 Å². The topological polar surface area (TPSA) is 87.7 Å². The van der Waals surface area contributed by atoms with Gasteiger partial charge in [-0.25, -0.2) is 4.79 Å². The third kappa shape index (κ3) is 4.60. The number of rotatable bonds is 8. The van der Waals surface area contributed by atoms with Crippen LogP contribution >= 0.6 is 0 Å². The summed E-state index contributed by atoms with van der Waals surface area (Å²) in [6.45, 7) is 3.27. The molecule has 0 aliphatic rings. The van der Waals surface area contributed by atoms with Crippen LogP contribution in [0.15, 0.2) is 66.9 Å². The van der Waals surface area contributed by atoms with Crippen molar-refractivity contribution in [2.75, 3.05) is 6.61 Å². The smallest absolute Gasteiger partial charge is 0.341 e. The highest BCUT2D eigenvalue weighted by Crippen LogP contribution is 2.13. The van der Waals surface area contributed by atoms with Gasteiger partial charge in [0.1, 0.15) is 5.56 Å². The second kappa shape index (κ2) is 9.13. The first-order valence-corrected chi connectivity index (χ1v) is 9.77. The van der Waals surface area contributed by atoms with Gasteiger partial charge in [0.15, 0.2) is 0 Å². The second-order valence-electron chi connectivity index (χ2n) is 6.85. The molecule has 8 nitrogen and oxygen atoms in total. The van der Waals surface area contributed by atoms with Gasteiger partial charge in [0, 0.05) is 12.0 Å². The number of hydrogen-bond donors (Lipinski definition) is 0. The van der Waals surface area contributed by atoms with Crippen LogP contribution in [-0.4, -0.2) is 42.6 Å². The van der Waals surface area contributed by atoms with Crippen LogP contribution in [0.4, 0.5) is 0 Å². The molecular formula is C22H22N6O2. The molecule has 0 radical (unpaired) electrons. The number of ether oxygens (including phenoxy) is 1. The average molecular weight is 402 g/mol. The molecule has 0 fully saturated rings. The standard InChI is InChI=1S/C22H22N6O2/c1-17-20(15-23-27(17)16-18-9-4-2-5-10-18)22(29)30-14-8-13-28-25-21(24-26-28)19-11-6-3-7-12-19/h2-7,9-12,15H,8,13-14,16H2,1H3. The van der Waals surface area contributed by atoms with Crippen LogP contribution in [0.1, 0.15) is 28.0 Å². The Kier molecular flexibility index (Phi) is 5.93. The number of benzene rings is 2. The van der Waals surface area contributed by atoms with E-state index in [1.807, 2.05) is 67.6 Å². The van der Waals surface area contributed by atoms with Gasteiger partial charge in [0.2, 0.25) is 5.82 Å². The number of carbonyl (C=O) groups is 1. The minimum atomic E-state index is -0.372. The summed E-state index contributed by atoms with van der Waals surface area (Å²) in [5.74, 6) is 0.206. The number of esters is 1. The molecule has 0 aliphatic heterocycles. The minimum absolute atomic E-state index is 0.268. The number of tetrazole rings is 1. The molecule has 0 bridgehead atoms. The molecule has 0 amide bonds. The molecule has 2 heterocycles. The van der Waals surface area contributed by atoms with Gasteiger partial charge in [-0.05, 0) is 17.7 Å². The number of hydrogen-bond acceptors (Lipinski definition) is 6. The van der Waals surface area contributed by atoms with Crippen LogP contribution in [0.3, 0.4) is 0 Å². The van der Waals surface area contributed by atoms with Gasteiger partial charge in [0.25, 0.3) is 0 Å². The van der Waals surface area contributed by atoms with Crippen molar-refractivity contribution in [2.24, 2.45) is 0 Å². The maximum Gasteiger partial charge on any atom is 0.341 e. The molecule has 0 saturated heterocycles. The Labute approximate surface area is 174 Å². The van der Waals surface area contributed by atoms with Crippen molar-refractivity contribution in [1.29, 1.82) is 0 Å². The highest BCUT2D eigenvalue weighted by Gasteiger charge is 2.16. The zero-order valence-electron chi connectivity index (χ0n) is 16.7. The van der Waals surface area contributed by atoms with E-state index in [0.29, 0.717) is 30.9 Å². The van der Waals surface area contributed by atoms with E-state index in [0.717, 1.165) is 16.8 Å². The normalized spacial score (nSPS) is 10.8. The number of aromatic nitrogens is 6. The molecule has 0 saturated carbocycles. The predicted molar refractivity (Wildman–Crippen MR) is 111 cm³/mol. The molecule has 0 spiro atoms. The Hall–Kier alpha value is -3.81. The summed E-state index contributed by atoms with van der Waals surface area (Å²) in [5.41, 5.74) is 3.31. The Morgan fingerprint density at radius 1 is 1.03 bits per heavy atom. The Balaban J connectivity index is 1.27. The van der Waals surface area contributed by atoms with E-state index in [-0.39, 0.29) is 12.6 Å². The Bertz CT molecular complexity index is 1110. The van der Waals surface area contributed by atoms with Gasteiger partial charge in [0.05, 0.1) is 31.6 Å². The lowest BCUT2D eigenvalue weighted by atomic mass is 10.2. The monoisotopic (exact) mass is 402 g/mol. The van der Waals surface area contributed by atoms with Crippen LogP contribution in [-0.2, 0) is 17.8 Å². The molecule has 4 rings (SSSR count). The van der Waals surface area contributed by atoms with Crippen molar-refractivity contribution in [3.63, 3.8) is 0 Å². The van der Waals surface area contributed by atoms with E-state index in [9.17, 15) is 4.79 Å².